The van der Waals surface area contributed by atoms with Crippen LogP contribution >= 0.6 is 11.6 Å². The molecule has 1 fully saturated rings. The molecule has 4 rings (SSSR count). The number of nitrogens with zero attached hydrogens (tertiary/aromatic N) is 5. The van der Waals surface area contributed by atoms with Gasteiger partial charge in [0.1, 0.15) is 11.6 Å². The van der Waals surface area contributed by atoms with E-state index in [9.17, 15) is 0 Å². The van der Waals surface area contributed by atoms with Gasteiger partial charge in [-0.3, -0.25) is 0 Å². The zero-order chi connectivity index (χ0) is 19.1. The summed E-state index contributed by atoms with van der Waals surface area (Å²) >= 11 is 6.52. The van der Waals surface area contributed by atoms with E-state index >= 15 is 0 Å². The van der Waals surface area contributed by atoms with E-state index in [4.69, 9.17) is 16.6 Å². The van der Waals surface area contributed by atoms with Crippen molar-refractivity contribution in [1.29, 1.82) is 0 Å². The molecule has 1 atom stereocenters. The lowest BCUT2D eigenvalue weighted by atomic mass is 10.1. The number of para-hydroxylation sites is 2. The topological polar surface area (TPSA) is 37.2 Å². The fraction of sp³-hybridized carbons (Fsp3) is 0.333. The number of benzene rings is 1. The van der Waals surface area contributed by atoms with Gasteiger partial charge in [0.25, 0.3) is 0 Å². The van der Waals surface area contributed by atoms with Crippen LogP contribution in [0.1, 0.15) is 13.8 Å². The Hall–Kier alpha value is -2.53. The lowest BCUT2D eigenvalue weighted by Crippen LogP contribution is -2.51. The number of rotatable bonds is 3. The summed E-state index contributed by atoms with van der Waals surface area (Å²) in [6.45, 7) is 11.2. The first kappa shape index (κ1) is 17.9. The molecule has 27 heavy (non-hydrogen) atoms. The van der Waals surface area contributed by atoms with Crippen LogP contribution in [0.3, 0.4) is 0 Å². The number of imidazole rings is 1. The van der Waals surface area contributed by atoms with Gasteiger partial charge in [0.15, 0.2) is 0 Å². The van der Waals surface area contributed by atoms with Crippen molar-refractivity contribution >= 4 is 28.5 Å². The SMILES string of the molecule is C=C(C)N1CCN(c2cc(-c3nc4ccccc4n3C)c(Cl)cn2)[C@H](C)C1. The van der Waals surface area contributed by atoms with Gasteiger partial charge < -0.3 is 14.4 Å². The molecule has 0 saturated carbocycles. The maximum absolute atomic E-state index is 6.52. The third kappa shape index (κ3) is 3.16. The van der Waals surface area contributed by atoms with Crippen molar-refractivity contribution in [2.24, 2.45) is 7.05 Å². The molecule has 1 aromatic carbocycles. The first-order chi connectivity index (χ1) is 13.0. The Bertz CT molecular complexity index is 1010. The highest BCUT2D eigenvalue weighted by Gasteiger charge is 2.25. The number of allylic oxidation sites excluding steroid dienone is 1. The molecule has 2 aromatic heterocycles. The normalized spacial score (nSPS) is 17.6. The first-order valence-corrected chi connectivity index (χ1v) is 9.58. The van der Waals surface area contributed by atoms with E-state index < -0.39 is 0 Å². The van der Waals surface area contributed by atoms with E-state index in [2.05, 4.69) is 51.9 Å². The minimum absolute atomic E-state index is 0.345. The number of piperazine rings is 1. The molecule has 0 aliphatic carbocycles. The molecular weight excluding hydrogens is 358 g/mol. The smallest absolute Gasteiger partial charge is 0.142 e. The molecule has 0 bridgehead atoms. The van der Waals surface area contributed by atoms with Gasteiger partial charge in [0.2, 0.25) is 0 Å². The van der Waals surface area contributed by atoms with Crippen LogP contribution < -0.4 is 4.90 Å². The van der Waals surface area contributed by atoms with Gasteiger partial charge in [-0.1, -0.05) is 30.3 Å². The van der Waals surface area contributed by atoms with E-state index in [1.807, 2.05) is 25.2 Å². The number of pyridine rings is 1. The summed E-state index contributed by atoms with van der Waals surface area (Å²) in [5, 5.41) is 0.616. The largest absolute Gasteiger partial charge is 0.372 e. The van der Waals surface area contributed by atoms with Crippen LogP contribution in [0.2, 0.25) is 5.02 Å². The van der Waals surface area contributed by atoms with Crippen LogP contribution in [-0.4, -0.2) is 45.1 Å². The summed E-state index contributed by atoms with van der Waals surface area (Å²) in [4.78, 5) is 14.1. The Morgan fingerprint density at radius 2 is 2.04 bits per heavy atom. The lowest BCUT2D eigenvalue weighted by molar-refractivity contribution is 0.284. The van der Waals surface area contributed by atoms with Crippen molar-refractivity contribution < 1.29 is 0 Å². The van der Waals surface area contributed by atoms with Crippen LogP contribution in [0, 0.1) is 0 Å². The lowest BCUT2D eigenvalue weighted by Gasteiger charge is -2.41. The average molecular weight is 382 g/mol. The third-order valence-corrected chi connectivity index (χ3v) is 5.63. The number of halogens is 1. The van der Waals surface area contributed by atoms with Crippen LogP contribution in [0.25, 0.3) is 22.4 Å². The van der Waals surface area contributed by atoms with Gasteiger partial charge in [0, 0.05) is 50.2 Å². The average Bonchev–Trinajstić information content (AvgIpc) is 2.99. The van der Waals surface area contributed by atoms with Crippen molar-refractivity contribution in [3.05, 3.63) is 53.8 Å². The minimum Gasteiger partial charge on any atom is -0.372 e. The molecule has 1 aliphatic heterocycles. The number of aryl methyl sites for hydroxylation is 1. The number of aromatic nitrogens is 3. The summed E-state index contributed by atoms with van der Waals surface area (Å²) in [7, 11) is 2.02. The number of hydrogen-bond acceptors (Lipinski definition) is 4. The predicted octanol–water partition coefficient (Wildman–Crippen LogP) is 4.33. The fourth-order valence-corrected chi connectivity index (χ4v) is 3.98. The molecule has 0 unspecified atom stereocenters. The number of hydrogen-bond donors (Lipinski definition) is 0. The minimum atomic E-state index is 0.345. The zero-order valence-electron chi connectivity index (χ0n) is 16.0. The third-order valence-electron chi connectivity index (χ3n) is 5.33. The molecule has 6 heteroatoms. The Morgan fingerprint density at radius 1 is 1.26 bits per heavy atom. The predicted molar refractivity (Wildman–Crippen MR) is 112 cm³/mol. The number of anilines is 1. The fourth-order valence-electron chi connectivity index (χ4n) is 3.79. The Morgan fingerprint density at radius 3 is 2.74 bits per heavy atom. The summed E-state index contributed by atoms with van der Waals surface area (Å²) < 4.78 is 2.09. The van der Waals surface area contributed by atoms with E-state index in [1.54, 1.807) is 6.20 Å². The molecule has 0 radical (unpaired) electrons. The highest BCUT2D eigenvalue weighted by molar-refractivity contribution is 6.33. The summed E-state index contributed by atoms with van der Waals surface area (Å²) in [5.74, 6) is 1.80. The number of fused-ring (bicyclic) bond motifs is 1. The molecule has 0 amide bonds. The van der Waals surface area contributed by atoms with Crippen LogP contribution in [0.4, 0.5) is 5.82 Å². The van der Waals surface area contributed by atoms with E-state index in [1.165, 1.54) is 0 Å². The molecule has 1 saturated heterocycles. The zero-order valence-corrected chi connectivity index (χ0v) is 16.7. The molecule has 3 heterocycles. The highest BCUT2D eigenvalue weighted by atomic mass is 35.5. The Balaban J connectivity index is 1.72. The van der Waals surface area contributed by atoms with E-state index in [0.717, 1.165) is 53.6 Å². The van der Waals surface area contributed by atoms with Crippen LogP contribution in [0.15, 0.2) is 48.8 Å². The van der Waals surface area contributed by atoms with Crippen molar-refractivity contribution in [3.63, 3.8) is 0 Å². The van der Waals surface area contributed by atoms with Gasteiger partial charge in [-0.25, -0.2) is 9.97 Å². The van der Waals surface area contributed by atoms with Crippen LogP contribution in [-0.2, 0) is 7.05 Å². The van der Waals surface area contributed by atoms with Gasteiger partial charge >= 0.3 is 0 Å². The summed E-state index contributed by atoms with van der Waals surface area (Å²) in [6, 6.07) is 10.5. The van der Waals surface area contributed by atoms with Gasteiger partial charge in [-0.05, 0) is 32.0 Å². The highest BCUT2D eigenvalue weighted by Crippen LogP contribution is 2.32. The standard InChI is InChI=1S/C21H24ClN5/c1-14(2)26-9-10-27(15(3)13-26)20-11-16(17(22)12-23-20)21-24-18-7-5-6-8-19(18)25(21)4/h5-8,11-12,15H,1,9-10,13H2,2-4H3/t15-/m1/s1. The summed E-state index contributed by atoms with van der Waals surface area (Å²) in [5.41, 5.74) is 4.08. The Kier molecular flexibility index (Phi) is 4.56. The van der Waals surface area contributed by atoms with Crippen molar-refractivity contribution in [2.45, 2.75) is 19.9 Å². The maximum atomic E-state index is 6.52. The summed E-state index contributed by atoms with van der Waals surface area (Å²) in [6.07, 6.45) is 1.74. The quantitative estimate of drug-likeness (QED) is 0.676. The maximum Gasteiger partial charge on any atom is 0.142 e. The molecule has 140 valence electrons. The van der Waals surface area contributed by atoms with Crippen molar-refractivity contribution in [1.82, 2.24) is 19.4 Å². The second-order valence-corrected chi connectivity index (χ2v) is 7.64. The monoisotopic (exact) mass is 381 g/mol. The molecular formula is C21H24ClN5. The van der Waals surface area contributed by atoms with Crippen LogP contribution in [0.5, 0.6) is 0 Å². The van der Waals surface area contributed by atoms with E-state index in [0.29, 0.717) is 11.1 Å². The Labute approximate surface area is 164 Å². The van der Waals surface area contributed by atoms with Crippen molar-refractivity contribution in [2.75, 3.05) is 24.5 Å². The first-order valence-electron chi connectivity index (χ1n) is 9.20. The molecule has 0 N–H and O–H groups in total. The second-order valence-electron chi connectivity index (χ2n) is 7.23. The second kappa shape index (κ2) is 6.89. The van der Waals surface area contributed by atoms with Gasteiger partial charge in [0.05, 0.1) is 16.1 Å². The van der Waals surface area contributed by atoms with Crippen molar-refractivity contribution in [3.8, 4) is 11.4 Å². The van der Waals surface area contributed by atoms with Gasteiger partial charge in [-0.15, -0.1) is 0 Å². The van der Waals surface area contributed by atoms with E-state index in [-0.39, 0.29) is 0 Å². The molecule has 3 aromatic rings. The van der Waals surface area contributed by atoms with Gasteiger partial charge in [-0.2, -0.15) is 0 Å². The molecule has 1 aliphatic rings. The molecule has 0 spiro atoms. The molecule has 5 nitrogen and oxygen atoms in total.